The first kappa shape index (κ1) is 12.7. The second kappa shape index (κ2) is 5.69. The van der Waals surface area contributed by atoms with E-state index in [2.05, 4.69) is 30.9 Å². The number of furan rings is 1. The zero-order valence-electron chi connectivity index (χ0n) is 11.0. The summed E-state index contributed by atoms with van der Waals surface area (Å²) in [5, 5.41) is 0. The molecule has 3 nitrogen and oxygen atoms in total. The van der Waals surface area contributed by atoms with Crippen LogP contribution in [0.2, 0.25) is 0 Å². The minimum atomic E-state index is 0.251. The molecule has 17 heavy (non-hydrogen) atoms. The fourth-order valence-corrected chi connectivity index (χ4v) is 2.32. The van der Waals surface area contributed by atoms with Gasteiger partial charge >= 0.3 is 0 Å². The third-order valence-corrected chi connectivity index (χ3v) is 3.62. The first-order valence-corrected chi connectivity index (χ1v) is 6.81. The number of hydrogen-bond acceptors (Lipinski definition) is 3. The summed E-state index contributed by atoms with van der Waals surface area (Å²) in [5.74, 6) is 2.98. The molecule has 3 heteroatoms. The van der Waals surface area contributed by atoms with Crippen molar-refractivity contribution in [1.82, 2.24) is 4.90 Å². The van der Waals surface area contributed by atoms with Crippen LogP contribution >= 0.6 is 0 Å². The molecule has 1 saturated carbocycles. The Balaban J connectivity index is 2.06. The first-order valence-electron chi connectivity index (χ1n) is 6.81. The van der Waals surface area contributed by atoms with Crippen molar-refractivity contribution in [1.29, 1.82) is 0 Å². The monoisotopic (exact) mass is 236 g/mol. The minimum Gasteiger partial charge on any atom is -0.464 e. The van der Waals surface area contributed by atoms with Crippen molar-refractivity contribution in [2.45, 2.75) is 39.2 Å². The molecule has 1 aliphatic carbocycles. The Kier molecular flexibility index (Phi) is 4.24. The summed E-state index contributed by atoms with van der Waals surface area (Å²) in [7, 11) is 0. The van der Waals surface area contributed by atoms with Crippen molar-refractivity contribution in [2.24, 2.45) is 11.7 Å². The van der Waals surface area contributed by atoms with E-state index >= 15 is 0 Å². The molecule has 96 valence electrons. The van der Waals surface area contributed by atoms with Gasteiger partial charge in [0, 0.05) is 19.5 Å². The maximum absolute atomic E-state index is 5.93. The smallest absolute Gasteiger partial charge is 0.122 e. The molecular weight excluding hydrogens is 212 g/mol. The van der Waals surface area contributed by atoms with E-state index in [1.807, 2.05) is 0 Å². The summed E-state index contributed by atoms with van der Waals surface area (Å²) in [6.07, 6.45) is 3.71. The molecule has 1 aromatic rings. The van der Waals surface area contributed by atoms with Crippen LogP contribution in [0.25, 0.3) is 0 Å². The maximum atomic E-state index is 5.93. The first-order chi connectivity index (χ1) is 8.28. The molecule has 0 amide bonds. The minimum absolute atomic E-state index is 0.251. The van der Waals surface area contributed by atoms with Crippen LogP contribution in [-0.2, 0) is 6.42 Å². The Hall–Kier alpha value is -0.800. The standard InChI is InChI=1S/C14H24N2O/c1-3-12-7-8-14(17-12)13(9-15)16(4-2)10-11-5-6-11/h7-8,11,13H,3-6,9-10,15H2,1-2H3. The summed E-state index contributed by atoms with van der Waals surface area (Å²) in [4.78, 5) is 2.45. The Morgan fingerprint density at radius 1 is 1.41 bits per heavy atom. The van der Waals surface area contributed by atoms with E-state index in [0.29, 0.717) is 6.54 Å². The summed E-state index contributed by atoms with van der Waals surface area (Å²) >= 11 is 0. The van der Waals surface area contributed by atoms with Gasteiger partial charge in [-0.25, -0.2) is 0 Å². The van der Waals surface area contributed by atoms with E-state index in [-0.39, 0.29) is 6.04 Å². The zero-order chi connectivity index (χ0) is 12.3. The third-order valence-electron chi connectivity index (χ3n) is 3.62. The predicted molar refractivity (Wildman–Crippen MR) is 69.9 cm³/mol. The molecule has 1 atom stereocenters. The second-order valence-electron chi connectivity index (χ2n) is 4.94. The second-order valence-corrected chi connectivity index (χ2v) is 4.94. The van der Waals surface area contributed by atoms with Gasteiger partial charge in [-0.15, -0.1) is 0 Å². The summed E-state index contributed by atoms with van der Waals surface area (Å²) < 4.78 is 5.85. The van der Waals surface area contributed by atoms with Crippen LogP contribution in [-0.4, -0.2) is 24.5 Å². The summed E-state index contributed by atoms with van der Waals surface area (Å²) in [6, 6.07) is 4.41. The highest BCUT2D eigenvalue weighted by Gasteiger charge is 2.28. The van der Waals surface area contributed by atoms with Crippen LogP contribution in [0.15, 0.2) is 16.5 Å². The van der Waals surface area contributed by atoms with Gasteiger partial charge in [-0.1, -0.05) is 13.8 Å². The average molecular weight is 236 g/mol. The predicted octanol–water partition coefficient (Wildman–Crippen LogP) is 2.57. The normalized spacial score (nSPS) is 17.6. The maximum Gasteiger partial charge on any atom is 0.122 e. The van der Waals surface area contributed by atoms with Gasteiger partial charge in [0.25, 0.3) is 0 Å². The van der Waals surface area contributed by atoms with E-state index in [4.69, 9.17) is 10.2 Å². The number of aryl methyl sites for hydroxylation is 1. The zero-order valence-corrected chi connectivity index (χ0v) is 11.0. The molecule has 1 aromatic heterocycles. The lowest BCUT2D eigenvalue weighted by molar-refractivity contribution is 0.179. The lowest BCUT2D eigenvalue weighted by Gasteiger charge is -2.28. The Bertz CT molecular complexity index is 344. The molecule has 0 aliphatic heterocycles. The molecule has 1 heterocycles. The van der Waals surface area contributed by atoms with Crippen LogP contribution in [0.1, 0.15) is 44.3 Å². The fourth-order valence-electron chi connectivity index (χ4n) is 2.32. The van der Waals surface area contributed by atoms with Gasteiger partial charge in [0.1, 0.15) is 11.5 Å². The van der Waals surface area contributed by atoms with E-state index < -0.39 is 0 Å². The molecule has 0 saturated heterocycles. The van der Waals surface area contributed by atoms with Crippen molar-refractivity contribution < 1.29 is 4.42 Å². The largest absolute Gasteiger partial charge is 0.464 e. The molecular formula is C14H24N2O. The number of hydrogen-bond donors (Lipinski definition) is 1. The van der Waals surface area contributed by atoms with Crippen LogP contribution in [0.3, 0.4) is 0 Å². The number of likely N-dealkylation sites (N-methyl/N-ethyl adjacent to an activating group) is 1. The fraction of sp³-hybridized carbons (Fsp3) is 0.714. The number of nitrogens with zero attached hydrogens (tertiary/aromatic N) is 1. The van der Waals surface area contributed by atoms with Gasteiger partial charge in [0.2, 0.25) is 0 Å². The highest BCUT2D eigenvalue weighted by molar-refractivity contribution is 5.11. The quantitative estimate of drug-likeness (QED) is 0.791. The lowest BCUT2D eigenvalue weighted by Crippen LogP contribution is -2.35. The topological polar surface area (TPSA) is 42.4 Å². The van der Waals surface area contributed by atoms with Crippen LogP contribution in [0, 0.1) is 5.92 Å². The molecule has 1 fully saturated rings. The molecule has 1 aliphatic rings. The van der Waals surface area contributed by atoms with Gasteiger partial charge in [-0.3, -0.25) is 4.90 Å². The Labute approximate surface area is 104 Å². The van der Waals surface area contributed by atoms with Gasteiger partial charge in [0.05, 0.1) is 6.04 Å². The molecule has 0 bridgehead atoms. The van der Waals surface area contributed by atoms with Crippen LogP contribution in [0.4, 0.5) is 0 Å². The highest BCUT2D eigenvalue weighted by atomic mass is 16.3. The van der Waals surface area contributed by atoms with Crippen LogP contribution in [0.5, 0.6) is 0 Å². The van der Waals surface area contributed by atoms with E-state index in [0.717, 1.165) is 30.4 Å². The van der Waals surface area contributed by atoms with Gasteiger partial charge in [-0.05, 0) is 37.4 Å². The molecule has 2 rings (SSSR count). The van der Waals surface area contributed by atoms with E-state index in [1.54, 1.807) is 0 Å². The van der Waals surface area contributed by atoms with Crippen molar-refractivity contribution in [3.63, 3.8) is 0 Å². The number of nitrogens with two attached hydrogens (primary N) is 1. The van der Waals surface area contributed by atoms with Crippen LogP contribution < -0.4 is 5.73 Å². The molecule has 2 N–H and O–H groups in total. The van der Waals surface area contributed by atoms with Gasteiger partial charge < -0.3 is 10.2 Å². The summed E-state index contributed by atoms with van der Waals surface area (Å²) in [5.41, 5.74) is 5.93. The molecule has 0 radical (unpaired) electrons. The third kappa shape index (κ3) is 3.11. The van der Waals surface area contributed by atoms with Crippen molar-refractivity contribution >= 4 is 0 Å². The van der Waals surface area contributed by atoms with Gasteiger partial charge in [0.15, 0.2) is 0 Å². The van der Waals surface area contributed by atoms with E-state index in [1.165, 1.54) is 19.4 Å². The van der Waals surface area contributed by atoms with Crippen molar-refractivity contribution in [3.8, 4) is 0 Å². The number of rotatable bonds is 7. The average Bonchev–Trinajstić information content (AvgIpc) is 3.04. The van der Waals surface area contributed by atoms with Gasteiger partial charge in [-0.2, -0.15) is 0 Å². The van der Waals surface area contributed by atoms with Crippen molar-refractivity contribution in [3.05, 3.63) is 23.7 Å². The highest BCUT2D eigenvalue weighted by Crippen LogP contribution is 2.32. The molecule has 1 unspecified atom stereocenters. The Morgan fingerprint density at radius 3 is 2.65 bits per heavy atom. The van der Waals surface area contributed by atoms with Crippen molar-refractivity contribution in [2.75, 3.05) is 19.6 Å². The lowest BCUT2D eigenvalue weighted by atomic mass is 10.1. The Morgan fingerprint density at radius 2 is 2.18 bits per heavy atom. The van der Waals surface area contributed by atoms with E-state index in [9.17, 15) is 0 Å². The SMILES string of the molecule is CCc1ccc(C(CN)N(CC)CC2CC2)o1. The molecule has 0 spiro atoms. The molecule has 0 aromatic carbocycles. The summed E-state index contributed by atoms with van der Waals surface area (Å²) in [6.45, 7) is 7.16.